The highest BCUT2D eigenvalue weighted by molar-refractivity contribution is 5.71. The van der Waals surface area contributed by atoms with Gasteiger partial charge in [-0.1, -0.05) is 242 Å². The van der Waals surface area contributed by atoms with Gasteiger partial charge in [-0.3, -0.25) is 14.4 Å². The standard InChI is InChI=1S/C59H104O6/c1-4-7-10-13-16-19-22-24-26-27-28-29-30-31-33-34-37-40-43-46-49-52-58(61)64-55-56(54-63-57(60)51-48-45-42-39-36-21-18-15-12-9-6-3)65-59(62)53-50-47-44-41-38-35-32-25-23-20-17-14-11-8-5-2/h8,11,15,17-18,20,25,32,38,41,56H,4-7,9-10,12-14,16,19,21-24,26-31,33-37,39-40,42-55H2,1-3H3/b11-8-,18-15-,20-17-,32-25-,41-38-/t56-/m1/s1. The zero-order valence-electron chi connectivity index (χ0n) is 43.0. The zero-order valence-corrected chi connectivity index (χ0v) is 43.0. The Kier molecular flexibility index (Phi) is 51.3. The van der Waals surface area contributed by atoms with E-state index in [-0.39, 0.29) is 37.5 Å². The van der Waals surface area contributed by atoms with Crippen LogP contribution in [0.3, 0.4) is 0 Å². The summed E-state index contributed by atoms with van der Waals surface area (Å²) in [5.74, 6) is -0.935. The molecule has 6 nitrogen and oxygen atoms in total. The monoisotopic (exact) mass is 909 g/mol. The molecule has 0 spiro atoms. The van der Waals surface area contributed by atoms with E-state index in [9.17, 15) is 14.4 Å². The summed E-state index contributed by atoms with van der Waals surface area (Å²) >= 11 is 0. The van der Waals surface area contributed by atoms with Crippen LogP contribution in [0.2, 0.25) is 0 Å². The van der Waals surface area contributed by atoms with Crippen LogP contribution in [-0.4, -0.2) is 37.2 Å². The minimum absolute atomic E-state index is 0.0913. The molecule has 0 amide bonds. The predicted molar refractivity (Wildman–Crippen MR) is 279 cm³/mol. The third-order valence-electron chi connectivity index (χ3n) is 12.0. The molecule has 0 aliphatic heterocycles. The van der Waals surface area contributed by atoms with Gasteiger partial charge in [0.2, 0.25) is 0 Å². The Labute approximate surface area is 402 Å². The van der Waals surface area contributed by atoms with E-state index in [1.807, 2.05) is 0 Å². The maximum atomic E-state index is 12.8. The van der Waals surface area contributed by atoms with Gasteiger partial charge in [-0.25, -0.2) is 0 Å². The number of ether oxygens (including phenoxy) is 3. The van der Waals surface area contributed by atoms with Crippen molar-refractivity contribution < 1.29 is 28.6 Å². The lowest BCUT2D eigenvalue weighted by Gasteiger charge is -2.18. The van der Waals surface area contributed by atoms with Gasteiger partial charge >= 0.3 is 17.9 Å². The number of hydrogen-bond acceptors (Lipinski definition) is 6. The second kappa shape index (κ2) is 53.7. The number of hydrogen-bond donors (Lipinski definition) is 0. The van der Waals surface area contributed by atoms with E-state index in [1.54, 1.807) is 0 Å². The fraction of sp³-hybridized carbons (Fsp3) is 0.780. The van der Waals surface area contributed by atoms with Crippen LogP contribution in [0.25, 0.3) is 0 Å². The summed E-state index contributed by atoms with van der Waals surface area (Å²) in [6.07, 6.45) is 66.5. The van der Waals surface area contributed by atoms with Gasteiger partial charge in [0.15, 0.2) is 6.10 Å². The van der Waals surface area contributed by atoms with Gasteiger partial charge in [-0.05, 0) is 77.0 Å². The molecule has 0 heterocycles. The molecule has 0 unspecified atom stereocenters. The minimum Gasteiger partial charge on any atom is -0.462 e. The molecule has 0 aromatic rings. The molecule has 1 atom stereocenters. The van der Waals surface area contributed by atoms with Crippen LogP contribution < -0.4 is 0 Å². The van der Waals surface area contributed by atoms with Crippen molar-refractivity contribution in [1.29, 1.82) is 0 Å². The SMILES string of the molecule is CC/C=C\C/C=C\C/C=C\C/C=C\CCCCC(=O)O[C@H](COC(=O)CCCCCCC/C=C\CCCC)COC(=O)CCCCCCCCCCCCCCCCCCCCCCC. The van der Waals surface area contributed by atoms with Crippen molar-refractivity contribution >= 4 is 17.9 Å². The van der Waals surface area contributed by atoms with Crippen molar-refractivity contribution in [2.24, 2.45) is 0 Å². The van der Waals surface area contributed by atoms with Crippen molar-refractivity contribution in [2.75, 3.05) is 13.2 Å². The molecule has 0 aromatic carbocycles. The Balaban J connectivity index is 4.32. The maximum absolute atomic E-state index is 12.8. The van der Waals surface area contributed by atoms with Crippen LogP contribution in [-0.2, 0) is 28.6 Å². The lowest BCUT2D eigenvalue weighted by atomic mass is 10.0. The van der Waals surface area contributed by atoms with E-state index in [2.05, 4.69) is 81.5 Å². The molecule has 0 saturated carbocycles. The van der Waals surface area contributed by atoms with Crippen molar-refractivity contribution in [3.8, 4) is 0 Å². The number of carbonyl (C=O) groups excluding carboxylic acids is 3. The number of allylic oxidation sites excluding steroid dienone is 10. The molecule has 0 N–H and O–H groups in total. The van der Waals surface area contributed by atoms with Crippen LogP contribution in [0.5, 0.6) is 0 Å². The Morgan fingerprint density at radius 1 is 0.323 bits per heavy atom. The molecule has 0 aliphatic rings. The van der Waals surface area contributed by atoms with Crippen LogP contribution >= 0.6 is 0 Å². The molecule has 0 fully saturated rings. The quantitative estimate of drug-likeness (QED) is 0.0262. The van der Waals surface area contributed by atoms with E-state index in [0.717, 1.165) is 83.5 Å². The molecular weight excluding hydrogens is 805 g/mol. The number of unbranched alkanes of at least 4 members (excludes halogenated alkanes) is 29. The van der Waals surface area contributed by atoms with Crippen molar-refractivity contribution in [3.05, 3.63) is 60.8 Å². The van der Waals surface area contributed by atoms with Crippen LogP contribution in [0.15, 0.2) is 60.8 Å². The topological polar surface area (TPSA) is 78.9 Å². The molecule has 6 heteroatoms. The molecular formula is C59H104O6. The third kappa shape index (κ3) is 51.9. The smallest absolute Gasteiger partial charge is 0.306 e. The van der Waals surface area contributed by atoms with Gasteiger partial charge in [0.1, 0.15) is 13.2 Å². The third-order valence-corrected chi connectivity index (χ3v) is 12.0. The Bertz CT molecular complexity index is 1180. The van der Waals surface area contributed by atoms with E-state index in [0.29, 0.717) is 19.3 Å². The van der Waals surface area contributed by atoms with Crippen molar-refractivity contribution in [2.45, 2.75) is 284 Å². The summed E-state index contributed by atoms with van der Waals surface area (Å²) in [7, 11) is 0. The van der Waals surface area contributed by atoms with Crippen molar-refractivity contribution in [3.63, 3.8) is 0 Å². The molecule has 0 saturated heterocycles. The molecule has 65 heavy (non-hydrogen) atoms. The molecule has 376 valence electrons. The summed E-state index contributed by atoms with van der Waals surface area (Å²) in [6, 6.07) is 0. The first-order valence-corrected chi connectivity index (χ1v) is 27.8. The van der Waals surface area contributed by atoms with E-state index >= 15 is 0 Å². The van der Waals surface area contributed by atoms with Gasteiger partial charge in [0.25, 0.3) is 0 Å². The Hall–Kier alpha value is -2.89. The molecule has 0 aliphatic carbocycles. The summed E-state index contributed by atoms with van der Waals surface area (Å²) < 4.78 is 16.8. The second-order valence-electron chi connectivity index (χ2n) is 18.5. The molecule has 0 bridgehead atoms. The summed E-state index contributed by atoms with van der Waals surface area (Å²) in [6.45, 7) is 6.47. The van der Waals surface area contributed by atoms with Gasteiger partial charge in [-0.2, -0.15) is 0 Å². The Morgan fingerprint density at radius 2 is 0.615 bits per heavy atom. The van der Waals surface area contributed by atoms with E-state index < -0.39 is 6.10 Å². The molecule has 0 rings (SSSR count). The molecule has 0 aromatic heterocycles. The summed E-state index contributed by atoms with van der Waals surface area (Å²) in [5, 5.41) is 0. The Morgan fingerprint density at radius 3 is 1.03 bits per heavy atom. The summed E-state index contributed by atoms with van der Waals surface area (Å²) in [5.41, 5.74) is 0. The van der Waals surface area contributed by atoms with Crippen LogP contribution in [0.4, 0.5) is 0 Å². The number of carbonyl (C=O) groups is 3. The minimum atomic E-state index is -0.796. The number of esters is 3. The van der Waals surface area contributed by atoms with Gasteiger partial charge in [0.05, 0.1) is 0 Å². The molecule has 0 radical (unpaired) electrons. The van der Waals surface area contributed by atoms with Crippen molar-refractivity contribution in [1.82, 2.24) is 0 Å². The lowest BCUT2D eigenvalue weighted by Crippen LogP contribution is -2.30. The van der Waals surface area contributed by atoms with Gasteiger partial charge in [-0.15, -0.1) is 0 Å². The highest BCUT2D eigenvalue weighted by Gasteiger charge is 2.19. The fourth-order valence-corrected chi connectivity index (χ4v) is 7.83. The summed E-state index contributed by atoms with van der Waals surface area (Å²) in [4.78, 5) is 38.0. The average molecular weight is 909 g/mol. The second-order valence-corrected chi connectivity index (χ2v) is 18.5. The fourth-order valence-electron chi connectivity index (χ4n) is 7.83. The van der Waals surface area contributed by atoms with Crippen LogP contribution in [0, 0.1) is 0 Å². The lowest BCUT2D eigenvalue weighted by molar-refractivity contribution is -0.167. The maximum Gasteiger partial charge on any atom is 0.306 e. The number of rotatable bonds is 50. The first-order valence-electron chi connectivity index (χ1n) is 27.8. The highest BCUT2D eigenvalue weighted by atomic mass is 16.6. The van der Waals surface area contributed by atoms with Gasteiger partial charge < -0.3 is 14.2 Å². The van der Waals surface area contributed by atoms with Gasteiger partial charge in [0, 0.05) is 19.3 Å². The van der Waals surface area contributed by atoms with Crippen LogP contribution in [0.1, 0.15) is 278 Å². The predicted octanol–water partition coefficient (Wildman–Crippen LogP) is 18.4. The first-order chi connectivity index (χ1) is 32.0. The average Bonchev–Trinajstić information content (AvgIpc) is 3.30. The normalized spacial score (nSPS) is 12.5. The first kappa shape index (κ1) is 62.1. The van der Waals surface area contributed by atoms with E-state index in [4.69, 9.17) is 14.2 Å². The highest BCUT2D eigenvalue weighted by Crippen LogP contribution is 2.16. The zero-order chi connectivity index (χ0) is 47.2. The largest absolute Gasteiger partial charge is 0.462 e. The van der Waals surface area contributed by atoms with E-state index in [1.165, 1.54) is 148 Å².